The van der Waals surface area contributed by atoms with E-state index in [2.05, 4.69) is 0 Å². The average molecular weight is 317 g/mol. The summed E-state index contributed by atoms with van der Waals surface area (Å²) in [5.74, 6) is -0.580. The minimum atomic E-state index is -3.89. The highest BCUT2D eigenvalue weighted by atomic mass is 32.2. The number of phenolic OH excluding ortho intramolecular Hbond substituents is 1. The first-order valence-electron chi connectivity index (χ1n) is 6.15. The molecule has 1 aromatic rings. The Labute approximate surface area is 123 Å². The summed E-state index contributed by atoms with van der Waals surface area (Å²) in [4.78, 5) is 9.68. The molecule has 0 aromatic heterocycles. The third kappa shape index (κ3) is 3.90. The van der Waals surface area contributed by atoms with Gasteiger partial charge in [0.15, 0.2) is 5.75 Å². The van der Waals surface area contributed by atoms with E-state index in [1.54, 1.807) is 0 Å². The van der Waals surface area contributed by atoms with Crippen molar-refractivity contribution in [2.45, 2.75) is 18.7 Å². The lowest BCUT2D eigenvalue weighted by atomic mass is 9.94. The summed E-state index contributed by atoms with van der Waals surface area (Å²) in [5, 5.41) is 20.1. The Morgan fingerprint density at radius 3 is 2.48 bits per heavy atom. The van der Waals surface area contributed by atoms with Crippen LogP contribution in [0.5, 0.6) is 5.75 Å². The molecule has 0 heterocycles. The lowest BCUT2D eigenvalue weighted by Crippen LogP contribution is -2.39. The van der Waals surface area contributed by atoms with Gasteiger partial charge in [0.1, 0.15) is 0 Å². The van der Waals surface area contributed by atoms with Crippen molar-refractivity contribution in [3.63, 3.8) is 0 Å². The first-order valence-corrected chi connectivity index (χ1v) is 7.59. The summed E-state index contributed by atoms with van der Waals surface area (Å²) in [5.41, 5.74) is 4.50. The number of nitrogens with zero attached hydrogens (tertiary/aromatic N) is 2. The summed E-state index contributed by atoms with van der Waals surface area (Å²) >= 11 is 0. The van der Waals surface area contributed by atoms with E-state index in [1.165, 1.54) is 7.05 Å². The Balaban J connectivity index is 3.19. The number of hydrogen-bond donors (Lipinski definition) is 2. The van der Waals surface area contributed by atoms with Crippen molar-refractivity contribution in [3.8, 4) is 5.75 Å². The number of nitro benzene ring substituents is 1. The summed E-state index contributed by atoms with van der Waals surface area (Å²) in [6, 6.07) is 2.97. The fourth-order valence-corrected chi connectivity index (χ4v) is 3.12. The highest BCUT2D eigenvalue weighted by Gasteiger charge is 2.29. The predicted octanol–water partition coefficient (Wildman–Crippen LogP) is 0.906. The Morgan fingerprint density at radius 1 is 1.43 bits per heavy atom. The zero-order valence-corrected chi connectivity index (χ0v) is 12.9. The van der Waals surface area contributed by atoms with Gasteiger partial charge in [0, 0.05) is 19.7 Å². The molecule has 8 nitrogen and oxygen atoms in total. The molecule has 118 valence electrons. The SMILES string of the molecule is CN(CC(C)(C)CN)S(=O)(=O)c1ccc(O)c([N+](=O)[O-])c1. The highest BCUT2D eigenvalue weighted by molar-refractivity contribution is 7.89. The topological polar surface area (TPSA) is 127 Å². The Morgan fingerprint density at radius 2 is 2.00 bits per heavy atom. The molecule has 9 heteroatoms. The minimum Gasteiger partial charge on any atom is -0.502 e. The average Bonchev–Trinajstić information content (AvgIpc) is 2.38. The molecule has 0 aliphatic heterocycles. The standard InChI is InChI=1S/C12H19N3O5S/c1-12(2,7-13)8-14(3)21(19,20)9-4-5-11(16)10(6-9)15(17)18/h4-6,16H,7-8,13H2,1-3H3. The molecular formula is C12H19N3O5S. The van der Waals surface area contributed by atoms with Crippen molar-refractivity contribution in [3.05, 3.63) is 28.3 Å². The van der Waals surface area contributed by atoms with Crippen LogP contribution in [0.3, 0.4) is 0 Å². The Kier molecular flexibility index (Phi) is 4.92. The van der Waals surface area contributed by atoms with E-state index in [0.717, 1.165) is 22.5 Å². The van der Waals surface area contributed by atoms with Crippen LogP contribution in [0.15, 0.2) is 23.1 Å². The predicted molar refractivity (Wildman–Crippen MR) is 77.4 cm³/mol. The summed E-state index contributed by atoms with van der Waals surface area (Å²) in [7, 11) is -2.51. The lowest BCUT2D eigenvalue weighted by Gasteiger charge is -2.28. The van der Waals surface area contributed by atoms with Gasteiger partial charge in [-0.15, -0.1) is 0 Å². The summed E-state index contributed by atoms with van der Waals surface area (Å²) < 4.78 is 25.9. The van der Waals surface area contributed by atoms with Crippen molar-refractivity contribution in [2.24, 2.45) is 11.1 Å². The zero-order chi connectivity index (χ0) is 16.4. The van der Waals surface area contributed by atoms with Crippen LogP contribution in [0.1, 0.15) is 13.8 Å². The molecule has 0 unspecified atom stereocenters. The van der Waals surface area contributed by atoms with Crippen molar-refractivity contribution < 1.29 is 18.4 Å². The van der Waals surface area contributed by atoms with Gasteiger partial charge in [-0.05, 0) is 24.1 Å². The maximum atomic E-state index is 12.4. The van der Waals surface area contributed by atoms with Gasteiger partial charge < -0.3 is 10.8 Å². The van der Waals surface area contributed by atoms with Crippen molar-refractivity contribution in [1.82, 2.24) is 4.31 Å². The fraction of sp³-hybridized carbons (Fsp3) is 0.500. The van der Waals surface area contributed by atoms with Gasteiger partial charge >= 0.3 is 5.69 Å². The number of nitro groups is 1. The van der Waals surface area contributed by atoms with E-state index in [4.69, 9.17) is 5.73 Å². The molecular weight excluding hydrogens is 298 g/mol. The van der Waals surface area contributed by atoms with Crippen LogP contribution in [-0.4, -0.2) is 42.9 Å². The molecule has 1 rings (SSSR count). The zero-order valence-electron chi connectivity index (χ0n) is 12.1. The second-order valence-electron chi connectivity index (χ2n) is 5.54. The number of hydrogen-bond acceptors (Lipinski definition) is 6. The molecule has 1 aromatic carbocycles. The molecule has 0 radical (unpaired) electrons. The molecule has 0 saturated heterocycles. The van der Waals surface area contributed by atoms with Gasteiger partial charge in [-0.1, -0.05) is 13.8 Å². The van der Waals surface area contributed by atoms with Crippen LogP contribution >= 0.6 is 0 Å². The van der Waals surface area contributed by atoms with Crippen LogP contribution in [0.25, 0.3) is 0 Å². The quantitative estimate of drug-likeness (QED) is 0.593. The largest absolute Gasteiger partial charge is 0.502 e. The van der Waals surface area contributed by atoms with Crippen LogP contribution in [-0.2, 0) is 10.0 Å². The van der Waals surface area contributed by atoms with E-state index < -0.39 is 31.8 Å². The van der Waals surface area contributed by atoms with Gasteiger partial charge in [-0.2, -0.15) is 0 Å². The molecule has 0 aliphatic carbocycles. The van der Waals surface area contributed by atoms with Gasteiger partial charge in [-0.3, -0.25) is 10.1 Å². The second-order valence-corrected chi connectivity index (χ2v) is 7.58. The Bertz CT molecular complexity index is 642. The van der Waals surface area contributed by atoms with Crippen LogP contribution in [0.4, 0.5) is 5.69 Å². The Hall–Kier alpha value is -1.71. The fourth-order valence-electron chi connectivity index (χ4n) is 1.74. The summed E-state index contributed by atoms with van der Waals surface area (Å²) in [6.45, 7) is 4.10. The van der Waals surface area contributed by atoms with Gasteiger partial charge in [0.2, 0.25) is 10.0 Å². The van der Waals surface area contributed by atoms with Gasteiger partial charge in [0.05, 0.1) is 9.82 Å². The first kappa shape index (κ1) is 17.3. The smallest absolute Gasteiger partial charge is 0.312 e. The molecule has 0 spiro atoms. The molecule has 0 atom stereocenters. The molecule has 0 bridgehead atoms. The second kappa shape index (κ2) is 5.96. The van der Waals surface area contributed by atoms with Crippen molar-refractivity contribution in [2.75, 3.05) is 20.1 Å². The van der Waals surface area contributed by atoms with Gasteiger partial charge in [-0.25, -0.2) is 12.7 Å². The normalized spacial score (nSPS) is 12.6. The number of sulfonamides is 1. The number of benzene rings is 1. The monoisotopic (exact) mass is 317 g/mol. The highest BCUT2D eigenvalue weighted by Crippen LogP contribution is 2.30. The maximum Gasteiger partial charge on any atom is 0.312 e. The molecule has 0 aliphatic rings. The lowest BCUT2D eigenvalue weighted by molar-refractivity contribution is -0.386. The van der Waals surface area contributed by atoms with E-state index in [1.807, 2.05) is 13.8 Å². The number of rotatable bonds is 6. The summed E-state index contributed by atoms with van der Waals surface area (Å²) in [6.07, 6.45) is 0. The maximum absolute atomic E-state index is 12.4. The third-order valence-electron chi connectivity index (χ3n) is 3.06. The molecule has 0 amide bonds. The van der Waals surface area contributed by atoms with Crippen molar-refractivity contribution >= 4 is 15.7 Å². The third-order valence-corrected chi connectivity index (χ3v) is 4.85. The van der Waals surface area contributed by atoms with E-state index in [0.29, 0.717) is 6.54 Å². The molecule has 0 fully saturated rings. The number of aromatic hydroxyl groups is 1. The van der Waals surface area contributed by atoms with Crippen molar-refractivity contribution in [1.29, 1.82) is 0 Å². The van der Waals surface area contributed by atoms with E-state index in [9.17, 15) is 23.6 Å². The molecule has 3 N–H and O–H groups in total. The number of phenols is 1. The van der Waals surface area contributed by atoms with Crippen LogP contribution in [0, 0.1) is 15.5 Å². The molecule has 0 saturated carbocycles. The van der Waals surface area contributed by atoms with Gasteiger partial charge in [0.25, 0.3) is 0 Å². The van der Waals surface area contributed by atoms with Crippen LogP contribution in [0.2, 0.25) is 0 Å². The van der Waals surface area contributed by atoms with Crippen LogP contribution < -0.4 is 5.73 Å². The number of nitrogens with two attached hydrogens (primary N) is 1. The molecule has 21 heavy (non-hydrogen) atoms. The minimum absolute atomic E-state index is 0.167. The van der Waals surface area contributed by atoms with E-state index in [-0.39, 0.29) is 11.4 Å². The first-order chi connectivity index (χ1) is 9.51. The van der Waals surface area contributed by atoms with E-state index >= 15 is 0 Å².